The lowest BCUT2D eigenvalue weighted by Crippen LogP contribution is -2.58. The molecule has 160 valence electrons. The van der Waals surface area contributed by atoms with Gasteiger partial charge in [0.1, 0.15) is 5.82 Å². The number of rotatable bonds is 6. The molecule has 0 saturated carbocycles. The number of nitro benzene ring substituents is 1. The molecule has 1 saturated heterocycles. The molecule has 1 aliphatic rings. The number of hydrogen-bond acceptors (Lipinski definition) is 5. The number of benzene rings is 2. The van der Waals surface area contributed by atoms with Crippen molar-refractivity contribution in [1.82, 2.24) is 9.80 Å². The third kappa shape index (κ3) is 5.13. The van der Waals surface area contributed by atoms with Gasteiger partial charge < -0.3 is 9.64 Å². The zero-order valence-electron chi connectivity index (χ0n) is 17.4. The van der Waals surface area contributed by atoms with Gasteiger partial charge in [0, 0.05) is 37.8 Å². The van der Waals surface area contributed by atoms with Crippen LogP contribution in [0, 0.1) is 22.9 Å². The minimum Gasteiger partial charge on any atom is -0.477 e. The van der Waals surface area contributed by atoms with Gasteiger partial charge in [-0.3, -0.25) is 19.8 Å². The summed E-state index contributed by atoms with van der Waals surface area (Å²) in [4.78, 5) is 27.4. The minimum absolute atomic E-state index is 0.0368. The van der Waals surface area contributed by atoms with Gasteiger partial charge in [-0.05, 0) is 50.1 Å². The molecule has 1 aliphatic heterocycles. The average molecular weight is 415 g/mol. The molecule has 3 rings (SSSR count). The van der Waals surface area contributed by atoms with Gasteiger partial charge >= 0.3 is 5.69 Å². The van der Waals surface area contributed by atoms with Crippen LogP contribution in [0.25, 0.3) is 0 Å². The highest BCUT2D eigenvalue weighted by molar-refractivity contribution is 5.78. The Labute approximate surface area is 175 Å². The molecule has 0 bridgehead atoms. The molecule has 1 amide bonds. The van der Waals surface area contributed by atoms with Gasteiger partial charge in [0.25, 0.3) is 5.91 Å². The molecule has 0 spiro atoms. The van der Waals surface area contributed by atoms with E-state index in [2.05, 4.69) is 4.90 Å². The molecule has 7 nitrogen and oxygen atoms in total. The van der Waals surface area contributed by atoms with Crippen molar-refractivity contribution >= 4 is 11.6 Å². The second-order valence-electron chi connectivity index (χ2n) is 7.82. The second-order valence-corrected chi connectivity index (χ2v) is 7.82. The van der Waals surface area contributed by atoms with Crippen molar-refractivity contribution < 1.29 is 18.8 Å². The summed E-state index contributed by atoms with van der Waals surface area (Å²) < 4.78 is 18.7. The molecular formula is C22H26FN3O4. The summed E-state index contributed by atoms with van der Waals surface area (Å²) in [5.74, 6) is -0.361. The number of nitro groups is 1. The monoisotopic (exact) mass is 415 g/mol. The van der Waals surface area contributed by atoms with Gasteiger partial charge in [-0.1, -0.05) is 18.2 Å². The molecule has 0 unspecified atom stereocenters. The van der Waals surface area contributed by atoms with Crippen LogP contribution in [0.2, 0.25) is 0 Å². The van der Waals surface area contributed by atoms with Crippen LogP contribution in [0.3, 0.4) is 0 Å². The van der Waals surface area contributed by atoms with Crippen molar-refractivity contribution in [2.24, 2.45) is 0 Å². The predicted molar refractivity (Wildman–Crippen MR) is 111 cm³/mol. The van der Waals surface area contributed by atoms with Crippen molar-refractivity contribution in [3.63, 3.8) is 0 Å². The van der Waals surface area contributed by atoms with E-state index in [1.54, 1.807) is 29.2 Å². The number of hydrogen-bond donors (Lipinski definition) is 0. The Kier molecular flexibility index (Phi) is 6.66. The van der Waals surface area contributed by atoms with E-state index in [0.29, 0.717) is 19.6 Å². The topological polar surface area (TPSA) is 75.9 Å². The quantitative estimate of drug-likeness (QED) is 0.533. The second kappa shape index (κ2) is 9.21. The first-order valence-electron chi connectivity index (χ1n) is 9.90. The Balaban J connectivity index is 1.61. The molecular weight excluding hydrogens is 389 g/mol. The van der Waals surface area contributed by atoms with E-state index in [9.17, 15) is 19.3 Å². The highest BCUT2D eigenvalue weighted by Gasteiger charge is 2.32. The number of ether oxygens (including phenoxy) is 1. The van der Waals surface area contributed by atoms with Gasteiger partial charge in [0.2, 0.25) is 0 Å². The van der Waals surface area contributed by atoms with Crippen LogP contribution in [0.5, 0.6) is 5.75 Å². The first-order chi connectivity index (χ1) is 14.2. The Morgan fingerprint density at radius 3 is 2.53 bits per heavy atom. The summed E-state index contributed by atoms with van der Waals surface area (Å²) in [7, 11) is 0. The fourth-order valence-electron chi connectivity index (χ4n) is 3.70. The summed E-state index contributed by atoms with van der Waals surface area (Å²) in [6.07, 6.45) is 0. The van der Waals surface area contributed by atoms with Gasteiger partial charge in [-0.25, -0.2) is 4.39 Å². The van der Waals surface area contributed by atoms with Crippen LogP contribution in [0.1, 0.15) is 25.0 Å². The molecule has 1 heterocycles. The third-order valence-corrected chi connectivity index (χ3v) is 5.40. The Bertz CT molecular complexity index is 919. The van der Waals surface area contributed by atoms with Crippen LogP contribution in [0.15, 0.2) is 42.5 Å². The van der Waals surface area contributed by atoms with Crippen molar-refractivity contribution in [3.8, 4) is 5.75 Å². The van der Waals surface area contributed by atoms with E-state index >= 15 is 0 Å². The van der Waals surface area contributed by atoms with Crippen LogP contribution in [-0.4, -0.2) is 52.4 Å². The largest absolute Gasteiger partial charge is 0.477 e. The number of halogens is 1. The number of nitrogens with zero attached hydrogens (tertiary/aromatic N) is 3. The zero-order valence-corrected chi connectivity index (χ0v) is 17.4. The first-order valence-corrected chi connectivity index (χ1v) is 9.90. The molecule has 2 aromatic carbocycles. The van der Waals surface area contributed by atoms with Gasteiger partial charge in [0.15, 0.2) is 12.4 Å². The summed E-state index contributed by atoms with van der Waals surface area (Å²) in [6, 6.07) is 11.1. The van der Waals surface area contributed by atoms with Crippen LogP contribution in [0.4, 0.5) is 10.1 Å². The average Bonchev–Trinajstić information content (AvgIpc) is 2.70. The number of carbonyl (C=O) groups excluding carboxylic acids is 1. The van der Waals surface area contributed by atoms with Crippen molar-refractivity contribution in [2.45, 2.75) is 39.4 Å². The Morgan fingerprint density at radius 2 is 1.87 bits per heavy atom. The molecule has 2 atom stereocenters. The lowest BCUT2D eigenvalue weighted by molar-refractivity contribution is -0.385. The molecule has 0 radical (unpaired) electrons. The van der Waals surface area contributed by atoms with Crippen LogP contribution < -0.4 is 4.74 Å². The van der Waals surface area contributed by atoms with E-state index in [0.717, 1.165) is 11.1 Å². The SMILES string of the molecule is Cc1ccc([N+](=O)[O-])c(OCC(=O)N2C[C@H](C)N(Cc3ccc(F)cc3)C[C@H]2C)c1. The maximum Gasteiger partial charge on any atom is 0.310 e. The van der Waals surface area contributed by atoms with E-state index in [4.69, 9.17) is 4.74 Å². The summed E-state index contributed by atoms with van der Waals surface area (Å²) in [6.45, 7) is 7.45. The molecule has 1 fully saturated rings. The molecule has 2 aromatic rings. The van der Waals surface area contributed by atoms with Crippen LogP contribution in [-0.2, 0) is 11.3 Å². The first kappa shape index (κ1) is 21.7. The number of piperazine rings is 1. The smallest absolute Gasteiger partial charge is 0.310 e. The summed E-state index contributed by atoms with van der Waals surface area (Å²) >= 11 is 0. The third-order valence-electron chi connectivity index (χ3n) is 5.40. The van der Waals surface area contributed by atoms with E-state index in [1.807, 2.05) is 20.8 Å². The number of aryl methyl sites for hydroxylation is 1. The zero-order chi connectivity index (χ0) is 21.8. The van der Waals surface area contributed by atoms with E-state index in [1.165, 1.54) is 18.2 Å². The molecule has 30 heavy (non-hydrogen) atoms. The Morgan fingerprint density at radius 1 is 1.17 bits per heavy atom. The minimum atomic E-state index is -0.516. The number of amides is 1. The van der Waals surface area contributed by atoms with Gasteiger partial charge in [0.05, 0.1) is 4.92 Å². The Hall–Kier alpha value is -3.00. The lowest BCUT2D eigenvalue weighted by Gasteiger charge is -2.44. The lowest BCUT2D eigenvalue weighted by atomic mass is 10.1. The predicted octanol–water partition coefficient (Wildman–Crippen LogP) is 3.54. The molecule has 0 aromatic heterocycles. The maximum atomic E-state index is 13.1. The number of carbonyl (C=O) groups is 1. The van der Waals surface area contributed by atoms with E-state index < -0.39 is 4.92 Å². The fraction of sp³-hybridized carbons (Fsp3) is 0.409. The van der Waals surface area contributed by atoms with Crippen LogP contribution >= 0.6 is 0 Å². The van der Waals surface area contributed by atoms with Gasteiger partial charge in [-0.15, -0.1) is 0 Å². The van der Waals surface area contributed by atoms with Crippen molar-refractivity contribution in [1.29, 1.82) is 0 Å². The highest BCUT2D eigenvalue weighted by atomic mass is 19.1. The standard InChI is InChI=1S/C22H26FN3O4/c1-15-4-9-20(26(28)29)21(10-15)30-14-22(27)25-12-16(2)24(11-17(25)3)13-18-5-7-19(23)8-6-18/h4-10,16-17H,11-14H2,1-3H3/t16-,17+/m0/s1. The van der Waals surface area contributed by atoms with E-state index in [-0.39, 0.29) is 41.9 Å². The highest BCUT2D eigenvalue weighted by Crippen LogP contribution is 2.28. The molecule has 8 heteroatoms. The summed E-state index contributed by atoms with van der Waals surface area (Å²) in [5.41, 5.74) is 1.68. The summed E-state index contributed by atoms with van der Waals surface area (Å²) in [5, 5.41) is 11.2. The maximum absolute atomic E-state index is 13.1. The normalized spacial score (nSPS) is 19.5. The van der Waals surface area contributed by atoms with Crippen molar-refractivity contribution in [2.75, 3.05) is 19.7 Å². The molecule has 0 aliphatic carbocycles. The molecule has 0 N–H and O–H groups in total. The van der Waals surface area contributed by atoms with Gasteiger partial charge in [-0.2, -0.15) is 0 Å². The van der Waals surface area contributed by atoms with Crippen molar-refractivity contribution in [3.05, 3.63) is 69.5 Å². The fourth-order valence-corrected chi connectivity index (χ4v) is 3.70.